The standard InChI is InChI=1S/C20H24Cl2N2O5/c1-11-7-13(3)29-20(11,18(26)23-12(2)5-6-17(25)28-4)19(27)24-16-9-14(21)8-15(22)10-16/h7-10,12-13H,5-6H2,1-4H3,(H,23,26)(H,24,27). The zero-order chi connectivity index (χ0) is 21.8. The van der Waals surface area contributed by atoms with Crippen LogP contribution in [0.15, 0.2) is 29.8 Å². The van der Waals surface area contributed by atoms with Gasteiger partial charge in [-0.15, -0.1) is 0 Å². The Morgan fingerprint density at radius 2 is 1.83 bits per heavy atom. The molecule has 0 aromatic heterocycles. The van der Waals surface area contributed by atoms with Gasteiger partial charge >= 0.3 is 5.97 Å². The van der Waals surface area contributed by atoms with E-state index in [1.165, 1.54) is 25.3 Å². The minimum Gasteiger partial charge on any atom is -0.469 e. The molecule has 0 saturated carbocycles. The molecule has 7 nitrogen and oxygen atoms in total. The van der Waals surface area contributed by atoms with Crippen LogP contribution in [0.25, 0.3) is 0 Å². The van der Waals surface area contributed by atoms with Crippen LogP contribution in [0.3, 0.4) is 0 Å². The Kier molecular flexibility index (Phi) is 7.68. The highest BCUT2D eigenvalue weighted by atomic mass is 35.5. The Bertz CT molecular complexity index is 822. The third-order valence-electron chi connectivity index (χ3n) is 4.55. The fraction of sp³-hybridized carbons (Fsp3) is 0.450. The van der Waals surface area contributed by atoms with Gasteiger partial charge in [0.1, 0.15) is 0 Å². The van der Waals surface area contributed by atoms with Crippen LogP contribution in [0.4, 0.5) is 5.69 Å². The third-order valence-corrected chi connectivity index (χ3v) is 4.99. The Labute approximate surface area is 179 Å². The maximum absolute atomic E-state index is 13.2. The molecule has 3 atom stereocenters. The van der Waals surface area contributed by atoms with Crippen molar-refractivity contribution in [3.8, 4) is 0 Å². The van der Waals surface area contributed by atoms with E-state index < -0.39 is 23.5 Å². The van der Waals surface area contributed by atoms with Gasteiger partial charge in [-0.2, -0.15) is 0 Å². The van der Waals surface area contributed by atoms with Gasteiger partial charge < -0.3 is 20.1 Å². The van der Waals surface area contributed by atoms with E-state index in [2.05, 4.69) is 15.4 Å². The van der Waals surface area contributed by atoms with Crippen molar-refractivity contribution >= 4 is 46.7 Å². The first-order valence-corrected chi connectivity index (χ1v) is 9.86. The van der Waals surface area contributed by atoms with Crippen LogP contribution in [0, 0.1) is 0 Å². The summed E-state index contributed by atoms with van der Waals surface area (Å²) in [5.41, 5.74) is -1.03. The second kappa shape index (κ2) is 9.61. The Morgan fingerprint density at radius 3 is 2.34 bits per heavy atom. The molecule has 29 heavy (non-hydrogen) atoms. The fourth-order valence-corrected chi connectivity index (χ4v) is 3.65. The fourth-order valence-electron chi connectivity index (χ4n) is 3.12. The van der Waals surface area contributed by atoms with Crippen LogP contribution in [-0.4, -0.2) is 42.6 Å². The number of hydrogen-bond donors (Lipinski definition) is 2. The first kappa shape index (κ1) is 23.2. The van der Waals surface area contributed by atoms with Crippen molar-refractivity contribution < 1.29 is 23.9 Å². The average molecular weight is 443 g/mol. The van der Waals surface area contributed by atoms with E-state index in [0.29, 0.717) is 27.7 Å². The molecule has 3 unspecified atom stereocenters. The van der Waals surface area contributed by atoms with Crippen LogP contribution < -0.4 is 10.6 Å². The van der Waals surface area contributed by atoms with Crippen LogP contribution >= 0.6 is 23.2 Å². The molecule has 0 saturated heterocycles. The molecule has 1 aliphatic heterocycles. The predicted molar refractivity (Wildman–Crippen MR) is 111 cm³/mol. The molecule has 0 radical (unpaired) electrons. The highest BCUT2D eigenvalue weighted by Crippen LogP contribution is 2.33. The zero-order valence-electron chi connectivity index (χ0n) is 16.7. The largest absolute Gasteiger partial charge is 0.469 e. The topological polar surface area (TPSA) is 93.7 Å². The first-order chi connectivity index (χ1) is 13.6. The van der Waals surface area contributed by atoms with E-state index in [4.69, 9.17) is 27.9 Å². The number of rotatable bonds is 7. The van der Waals surface area contributed by atoms with Gasteiger partial charge in [-0.3, -0.25) is 14.4 Å². The SMILES string of the molecule is COC(=O)CCC(C)NC(=O)C1(C(=O)Nc2cc(Cl)cc(Cl)c2)OC(C)C=C1C. The number of nitrogens with one attached hydrogen (secondary N) is 2. The number of esters is 1. The van der Waals surface area contributed by atoms with Gasteiger partial charge in [0.05, 0.1) is 13.2 Å². The van der Waals surface area contributed by atoms with Gasteiger partial charge in [0.25, 0.3) is 11.8 Å². The van der Waals surface area contributed by atoms with E-state index in [1.54, 1.807) is 26.8 Å². The van der Waals surface area contributed by atoms with Crippen molar-refractivity contribution in [3.05, 3.63) is 39.9 Å². The molecule has 0 fully saturated rings. The van der Waals surface area contributed by atoms with E-state index in [9.17, 15) is 14.4 Å². The number of carbonyl (C=O) groups excluding carboxylic acids is 3. The highest BCUT2D eigenvalue weighted by Gasteiger charge is 2.53. The maximum atomic E-state index is 13.2. The molecule has 2 N–H and O–H groups in total. The Morgan fingerprint density at radius 1 is 1.21 bits per heavy atom. The smallest absolute Gasteiger partial charge is 0.305 e. The quantitative estimate of drug-likeness (QED) is 0.382. The number of anilines is 1. The number of hydrogen-bond acceptors (Lipinski definition) is 5. The molecule has 158 valence electrons. The zero-order valence-corrected chi connectivity index (χ0v) is 18.2. The average Bonchev–Trinajstić information content (AvgIpc) is 2.93. The lowest BCUT2D eigenvalue weighted by atomic mass is 9.92. The molecule has 1 aromatic rings. The summed E-state index contributed by atoms with van der Waals surface area (Å²) in [4.78, 5) is 37.6. The lowest BCUT2D eigenvalue weighted by Gasteiger charge is -2.30. The molecular formula is C20H24Cl2N2O5. The van der Waals surface area contributed by atoms with Gasteiger partial charge in [-0.25, -0.2) is 0 Å². The lowest BCUT2D eigenvalue weighted by Crippen LogP contribution is -2.58. The van der Waals surface area contributed by atoms with Gasteiger partial charge in [0.2, 0.25) is 5.60 Å². The summed E-state index contributed by atoms with van der Waals surface area (Å²) < 4.78 is 10.4. The van der Waals surface area contributed by atoms with Gasteiger partial charge in [-0.1, -0.05) is 29.3 Å². The van der Waals surface area contributed by atoms with Gasteiger partial charge in [-0.05, 0) is 51.0 Å². The van der Waals surface area contributed by atoms with E-state index >= 15 is 0 Å². The molecule has 0 spiro atoms. The van der Waals surface area contributed by atoms with Crippen molar-refractivity contribution in [2.24, 2.45) is 0 Å². The Hall–Kier alpha value is -2.09. The second-order valence-corrected chi connectivity index (χ2v) is 7.83. The number of carbonyl (C=O) groups is 3. The molecule has 0 aliphatic carbocycles. The number of ether oxygens (including phenoxy) is 2. The van der Waals surface area contributed by atoms with Gasteiger partial charge in [0, 0.05) is 28.2 Å². The summed E-state index contributed by atoms with van der Waals surface area (Å²) in [6.45, 7) is 5.14. The van der Waals surface area contributed by atoms with Crippen molar-refractivity contribution in [3.63, 3.8) is 0 Å². The molecular weight excluding hydrogens is 419 g/mol. The normalized spacial score (nSPS) is 21.9. The van der Waals surface area contributed by atoms with Crippen LogP contribution in [0.1, 0.15) is 33.6 Å². The van der Waals surface area contributed by atoms with Crippen molar-refractivity contribution in [1.82, 2.24) is 5.32 Å². The van der Waals surface area contributed by atoms with Gasteiger partial charge in [0.15, 0.2) is 0 Å². The van der Waals surface area contributed by atoms with Crippen molar-refractivity contribution in [1.29, 1.82) is 0 Å². The van der Waals surface area contributed by atoms with E-state index in [-0.39, 0.29) is 18.4 Å². The molecule has 1 heterocycles. The summed E-state index contributed by atoms with van der Waals surface area (Å²) in [5.74, 6) is -1.65. The summed E-state index contributed by atoms with van der Waals surface area (Å²) in [6, 6.07) is 4.20. The van der Waals surface area contributed by atoms with Crippen LogP contribution in [0.2, 0.25) is 10.0 Å². The number of amides is 2. The maximum Gasteiger partial charge on any atom is 0.305 e. The van der Waals surface area contributed by atoms with Crippen LogP contribution in [-0.2, 0) is 23.9 Å². The number of benzene rings is 1. The van der Waals surface area contributed by atoms with E-state index in [0.717, 1.165) is 0 Å². The lowest BCUT2D eigenvalue weighted by molar-refractivity contribution is -0.153. The third kappa shape index (κ3) is 5.50. The molecule has 0 bridgehead atoms. The minimum absolute atomic E-state index is 0.143. The summed E-state index contributed by atoms with van der Waals surface area (Å²) in [7, 11) is 1.30. The molecule has 1 aliphatic rings. The molecule has 9 heteroatoms. The monoisotopic (exact) mass is 442 g/mol. The van der Waals surface area contributed by atoms with Crippen LogP contribution in [0.5, 0.6) is 0 Å². The summed E-state index contributed by atoms with van der Waals surface area (Å²) >= 11 is 12.0. The second-order valence-electron chi connectivity index (χ2n) is 6.96. The molecule has 2 amide bonds. The first-order valence-electron chi connectivity index (χ1n) is 9.10. The van der Waals surface area contributed by atoms with Crippen molar-refractivity contribution in [2.45, 2.75) is 51.4 Å². The minimum atomic E-state index is -1.84. The summed E-state index contributed by atoms with van der Waals surface area (Å²) in [5, 5.41) is 6.11. The molecule has 2 rings (SSSR count). The number of methoxy groups -OCH3 is 1. The molecule has 1 aromatic carbocycles. The summed E-state index contributed by atoms with van der Waals surface area (Å²) in [6.07, 6.45) is 1.78. The predicted octanol–water partition coefficient (Wildman–Crippen LogP) is 3.49. The van der Waals surface area contributed by atoms with E-state index in [1.807, 2.05) is 0 Å². The van der Waals surface area contributed by atoms with Crippen molar-refractivity contribution in [2.75, 3.05) is 12.4 Å². The Balaban J connectivity index is 2.22. The highest BCUT2D eigenvalue weighted by molar-refractivity contribution is 6.35. The number of halogens is 2.